The molecule has 7 heteroatoms. The summed E-state index contributed by atoms with van der Waals surface area (Å²) in [5.74, 6) is -0.133. The second-order valence-corrected chi connectivity index (χ2v) is 9.04. The number of hydrogen-bond acceptors (Lipinski definition) is 4. The number of nitrogens with one attached hydrogen (secondary N) is 1. The number of aromatic nitrogens is 2. The fourth-order valence-corrected chi connectivity index (χ4v) is 5.20. The fourth-order valence-electron chi connectivity index (χ4n) is 4.30. The number of amides is 2. The summed E-state index contributed by atoms with van der Waals surface area (Å²) in [6.07, 6.45) is 6.39. The Morgan fingerprint density at radius 2 is 1.97 bits per heavy atom. The molecule has 0 saturated carbocycles. The maximum absolute atomic E-state index is 13.6. The highest BCUT2D eigenvalue weighted by Crippen LogP contribution is 2.38. The summed E-state index contributed by atoms with van der Waals surface area (Å²) in [6.45, 7) is 1.22. The van der Waals surface area contributed by atoms with E-state index >= 15 is 0 Å². The topological polar surface area (TPSA) is 67.2 Å². The Balaban J connectivity index is 1.35. The standard InChI is InChI=1S/C26H24N4O2S/c31-24(10-13-29-15-12-27-18-29)28-21-8-4-7-20(17-21)26(32)30-14-9-23-22(11-16-33-23)25(30)19-5-2-1-3-6-19/h1-8,11-12,15-18,25H,9-10,13-14H2,(H,28,31). The molecule has 1 aliphatic heterocycles. The number of anilines is 1. The molecule has 0 bridgehead atoms. The van der Waals surface area contributed by atoms with Gasteiger partial charge < -0.3 is 14.8 Å². The summed E-state index contributed by atoms with van der Waals surface area (Å²) < 4.78 is 1.86. The lowest BCUT2D eigenvalue weighted by Gasteiger charge is -2.36. The smallest absolute Gasteiger partial charge is 0.254 e. The normalized spacial score (nSPS) is 15.2. The zero-order chi connectivity index (χ0) is 22.6. The average molecular weight is 457 g/mol. The molecule has 1 unspecified atom stereocenters. The summed E-state index contributed by atoms with van der Waals surface area (Å²) in [7, 11) is 0. The molecule has 4 aromatic rings. The van der Waals surface area contributed by atoms with Crippen molar-refractivity contribution in [3.05, 3.63) is 106 Å². The number of carbonyl (C=O) groups is 2. The van der Waals surface area contributed by atoms with Gasteiger partial charge in [-0.1, -0.05) is 36.4 Å². The first-order chi connectivity index (χ1) is 16.2. The minimum absolute atomic E-state index is 0.0322. The molecule has 3 heterocycles. The van der Waals surface area contributed by atoms with Crippen molar-refractivity contribution in [1.82, 2.24) is 14.5 Å². The molecule has 2 aromatic carbocycles. The molecule has 1 N–H and O–H groups in total. The highest BCUT2D eigenvalue weighted by Gasteiger charge is 2.33. The van der Waals surface area contributed by atoms with Gasteiger partial charge in [-0.05, 0) is 47.2 Å². The quantitative estimate of drug-likeness (QED) is 0.455. The van der Waals surface area contributed by atoms with Gasteiger partial charge in [0.05, 0.1) is 12.4 Å². The number of benzene rings is 2. The van der Waals surface area contributed by atoms with Gasteiger partial charge in [-0.15, -0.1) is 11.3 Å². The minimum Gasteiger partial charge on any atom is -0.337 e. The van der Waals surface area contributed by atoms with Crippen molar-refractivity contribution in [1.29, 1.82) is 0 Å². The molecule has 2 amide bonds. The predicted octanol–water partition coefficient (Wildman–Crippen LogP) is 4.76. The number of nitrogens with zero attached hydrogens (tertiary/aromatic N) is 3. The molecule has 1 atom stereocenters. The fraction of sp³-hybridized carbons (Fsp3) is 0.192. The van der Waals surface area contributed by atoms with Gasteiger partial charge in [0.25, 0.3) is 5.91 Å². The van der Waals surface area contributed by atoms with Crippen LogP contribution in [-0.2, 0) is 17.8 Å². The first kappa shape index (κ1) is 21.2. The lowest BCUT2D eigenvalue weighted by molar-refractivity contribution is -0.116. The Labute approximate surface area is 196 Å². The van der Waals surface area contributed by atoms with Crippen LogP contribution in [0.25, 0.3) is 0 Å². The Bertz CT molecular complexity index is 1250. The Morgan fingerprint density at radius 3 is 2.79 bits per heavy atom. The lowest BCUT2D eigenvalue weighted by atomic mass is 9.92. The maximum atomic E-state index is 13.6. The molecule has 0 spiro atoms. The number of imidazole rings is 1. The van der Waals surface area contributed by atoms with Crippen LogP contribution in [-0.4, -0.2) is 32.8 Å². The highest BCUT2D eigenvalue weighted by molar-refractivity contribution is 7.10. The van der Waals surface area contributed by atoms with Gasteiger partial charge in [0.15, 0.2) is 0 Å². The summed E-state index contributed by atoms with van der Waals surface area (Å²) in [5.41, 5.74) is 3.51. The summed E-state index contributed by atoms with van der Waals surface area (Å²) in [4.78, 5) is 33.3. The minimum atomic E-state index is -0.109. The van der Waals surface area contributed by atoms with Crippen LogP contribution in [0.4, 0.5) is 5.69 Å². The van der Waals surface area contributed by atoms with E-state index in [1.807, 2.05) is 52.1 Å². The van der Waals surface area contributed by atoms with E-state index in [2.05, 4.69) is 33.9 Å². The second-order valence-electron chi connectivity index (χ2n) is 8.04. The Kier molecular flexibility index (Phi) is 6.04. The molecule has 0 fully saturated rings. The zero-order valence-electron chi connectivity index (χ0n) is 18.1. The van der Waals surface area contributed by atoms with Gasteiger partial charge in [0, 0.05) is 48.0 Å². The van der Waals surface area contributed by atoms with E-state index < -0.39 is 0 Å². The number of thiophene rings is 1. The van der Waals surface area contributed by atoms with E-state index in [-0.39, 0.29) is 17.9 Å². The summed E-state index contributed by atoms with van der Waals surface area (Å²) in [5, 5.41) is 5.02. The Hall–Kier alpha value is -3.71. The average Bonchev–Trinajstić information content (AvgIpc) is 3.54. The summed E-state index contributed by atoms with van der Waals surface area (Å²) >= 11 is 1.76. The van der Waals surface area contributed by atoms with E-state index in [0.717, 1.165) is 12.0 Å². The molecule has 0 aliphatic carbocycles. The van der Waals surface area contributed by atoms with Gasteiger partial charge >= 0.3 is 0 Å². The molecule has 166 valence electrons. The van der Waals surface area contributed by atoms with Gasteiger partial charge in [-0.25, -0.2) is 4.98 Å². The molecule has 0 saturated heterocycles. The van der Waals surface area contributed by atoms with E-state index in [9.17, 15) is 9.59 Å². The largest absolute Gasteiger partial charge is 0.337 e. The van der Waals surface area contributed by atoms with Crippen molar-refractivity contribution >= 4 is 28.8 Å². The van der Waals surface area contributed by atoms with Gasteiger partial charge in [-0.3, -0.25) is 9.59 Å². The number of rotatable bonds is 6. The number of aryl methyl sites for hydroxylation is 1. The first-order valence-electron chi connectivity index (χ1n) is 11.0. The molecule has 0 radical (unpaired) electrons. The van der Waals surface area contributed by atoms with Gasteiger partial charge in [-0.2, -0.15) is 0 Å². The van der Waals surface area contributed by atoms with E-state index in [0.29, 0.717) is 30.8 Å². The second kappa shape index (κ2) is 9.42. The van der Waals surface area contributed by atoms with Crippen molar-refractivity contribution < 1.29 is 9.59 Å². The Morgan fingerprint density at radius 1 is 1.09 bits per heavy atom. The zero-order valence-corrected chi connectivity index (χ0v) is 18.9. The van der Waals surface area contributed by atoms with E-state index in [1.165, 1.54) is 10.4 Å². The first-order valence-corrected chi connectivity index (χ1v) is 11.8. The van der Waals surface area contributed by atoms with Crippen LogP contribution >= 0.6 is 11.3 Å². The molecular weight excluding hydrogens is 432 g/mol. The molecule has 5 rings (SSSR count). The highest BCUT2D eigenvalue weighted by atomic mass is 32.1. The van der Waals surface area contributed by atoms with Crippen LogP contribution in [0.2, 0.25) is 0 Å². The lowest BCUT2D eigenvalue weighted by Crippen LogP contribution is -2.40. The molecule has 2 aromatic heterocycles. The van der Waals surface area contributed by atoms with Crippen LogP contribution in [0.15, 0.2) is 84.8 Å². The van der Waals surface area contributed by atoms with E-state index in [4.69, 9.17) is 0 Å². The third-order valence-electron chi connectivity index (χ3n) is 5.89. The van der Waals surface area contributed by atoms with Crippen LogP contribution < -0.4 is 5.32 Å². The van der Waals surface area contributed by atoms with Crippen molar-refractivity contribution in [2.75, 3.05) is 11.9 Å². The van der Waals surface area contributed by atoms with E-state index in [1.54, 1.807) is 29.9 Å². The molecular formula is C26H24N4O2S. The third kappa shape index (κ3) is 4.59. The monoisotopic (exact) mass is 456 g/mol. The third-order valence-corrected chi connectivity index (χ3v) is 6.89. The SMILES string of the molecule is O=C(CCn1ccnc1)Nc1cccc(C(=O)N2CCc3sccc3C2c2ccccc2)c1. The van der Waals surface area contributed by atoms with Crippen molar-refractivity contribution in [2.45, 2.75) is 25.4 Å². The van der Waals surface area contributed by atoms with Crippen LogP contribution in [0.3, 0.4) is 0 Å². The van der Waals surface area contributed by atoms with Crippen LogP contribution in [0.1, 0.15) is 38.8 Å². The van der Waals surface area contributed by atoms with Crippen molar-refractivity contribution in [3.8, 4) is 0 Å². The van der Waals surface area contributed by atoms with Crippen LogP contribution in [0.5, 0.6) is 0 Å². The predicted molar refractivity (Wildman–Crippen MR) is 129 cm³/mol. The number of hydrogen-bond donors (Lipinski definition) is 1. The van der Waals surface area contributed by atoms with Gasteiger partial charge in [0.2, 0.25) is 5.91 Å². The molecule has 6 nitrogen and oxygen atoms in total. The molecule has 33 heavy (non-hydrogen) atoms. The number of carbonyl (C=O) groups excluding carboxylic acids is 2. The van der Waals surface area contributed by atoms with Crippen molar-refractivity contribution in [3.63, 3.8) is 0 Å². The number of fused-ring (bicyclic) bond motifs is 1. The summed E-state index contributed by atoms with van der Waals surface area (Å²) in [6, 6.07) is 19.4. The van der Waals surface area contributed by atoms with Crippen molar-refractivity contribution in [2.24, 2.45) is 0 Å². The van der Waals surface area contributed by atoms with Crippen LogP contribution in [0, 0.1) is 0 Å². The maximum Gasteiger partial charge on any atom is 0.254 e. The molecule has 1 aliphatic rings. The van der Waals surface area contributed by atoms with Gasteiger partial charge in [0.1, 0.15) is 0 Å².